The number of ether oxygens (including phenoxy) is 1. The maximum atomic E-state index is 11.0. The molecule has 1 N–H and O–H groups in total. The molecule has 0 radical (unpaired) electrons. The monoisotopic (exact) mass is 272 g/mol. The lowest BCUT2D eigenvalue weighted by Gasteiger charge is -2.09. The SMILES string of the molecule is CC(=O)Oc1ccc(Br)c(C)c1C(=O)O. The molecular formula is C10H9BrO4. The second kappa shape index (κ2) is 4.44. The number of aromatic carboxylic acids is 1. The fourth-order valence-corrected chi connectivity index (χ4v) is 1.50. The first-order valence-corrected chi connectivity index (χ1v) is 4.93. The van der Waals surface area contributed by atoms with E-state index in [9.17, 15) is 9.59 Å². The smallest absolute Gasteiger partial charge is 0.339 e. The van der Waals surface area contributed by atoms with Gasteiger partial charge in [-0.2, -0.15) is 0 Å². The van der Waals surface area contributed by atoms with Crippen LogP contribution in [0, 0.1) is 6.92 Å². The summed E-state index contributed by atoms with van der Waals surface area (Å²) < 4.78 is 5.46. The molecule has 0 aliphatic carbocycles. The maximum Gasteiger partial charge on any atom is 0.339 e. The van der Waals surface area contributed by atoms with Crippen molar-refractivity contribution in [3.63, 3.8) is 0 Å². The zero-order chi connectivity index (χ0) is 11.6. The minimum Gasteiger partial charge on any atom is -0.478 e. The number of carboxylic acids is 1. The van der Waals surface area contributed by atoms with Crippen LogP contribution in [0.5, 0.6) is 5.75 Å². The molecule has 0 saturated carbocycles. The van der Waals surface area contributed by atoms with Crippen LogP contribution >= 0.6 is 15.9 Å². The summed E-state index contributed by atoms with van der Waals surface area (Å²) in [4.78, 5) is 21.7. The van der Waals surface area contributed by atoms with Crippen LogP contribution in [0.1, 0.15) is 22.8 Å². The molecule has 0 aliphatic rings. The van der Waals surface area contributed by atoms with Crippen LogP contribution < -0.4 is 4.74 Å². The van der Waals surface area contributed by atoms with Crippen LogP contribution in [0.2, 0.25) is 0 Å². The number of rotatable bonds is 2. The van der Waals surface area contributed by atoms with Gasteiger partial charge in [-0.25, -0.2) is 4.79 Å². The third-order valence-corrected chi connectivity index (χ3v) is 2.69. The van der Waals surface area contributed by atoms with Crippen LogP contribution in [-0.4, -0.2) is 17.0 Å². The highest BCUT2D eigenvalue weighted by molar-refractivity contribution is 9.10. The lowest BCUT2D eigenvalue weighted by Crippen LogP contribution is -2.09. The number of hydrogen-bond acceptors (Lipinski definition) is 3. The molecule has 80 valence electrons. The summed E-state index contributed by atoms with van der Waals surface area (Å²) in [5, 5.41) is 8.97. The lowest BCUT2D eigenvalue weighted by atomic mass is 10.1. The van der Waals surface area contributed by atoms with E-state index in [4.69, 9.17) is 9.84 Å². The number of carbonyl (C=O) groups excluding carboxylic acids is 1. The average Bonchev–Trinajstić information content (AvgIpc) is 2.10. The van der Waals surface area contributed by atoms with Gasteiger partial charge >= 0.3 is 11.9 Å². The molecule has 0 spiro atoms. The summed E-state index contributed by atoms with van der Waals surface area (Å²) in [5.41, 5.74) is 0.529. The standard InChI is InChI=1S/C10H9BrO4/c1-5-7(11)3-4-8(15-6(2)12)9(5)10(13)14/h3-4H,1-2H3,(H,13,14). The molecule has 4 nitrogen and oxygen atoms in total. The Labute approximate surface area is 95.0 Å². The van der Waals surface area contributed by atoms with E-state index in [0.29, 0.717) is 10.0 Å². The van der Waals surface area contributed by atoms with Crippen molar-refractivity contribution in [3.05, 3.63) is 27.7 Å². The molecule has 5 heteroatoms. The Balaban J connectivity index is 3.33. The summed E-state index contributed by atoms with van der Waals surface area (Å²) >= 11 is 3.21. The summed E-state index contributed by atoms with van der Waals surface area (Å²) in [5.74, 6) is -1.60. The predicted octanol–water partition coefficient (Wildman–Crippen LogP) is 2.38. The van der Waals surface area contributed by atoms with Crippen LogP contribution in [0.4, 0.5) is 0 Å². The fourth-order valence-electron chi connectivity index (χ4n) is 1.17. The molecule has 15 heavy (non-hydrogen) atoms. The maximum absolute atomic E-state index is 11.0. The Hall–Kier alpha value is -1.36. The van der Waals surface area contributed by atoms with Gasteiger partial charge in [0.05, 0.1) is 0 Å². The van der Waals surface area contributed by atoms with Crippen LogP contribution in [-0.2, 0) is 4.79 Å². The van der Waals surface area contributed by atoms with Gasteiger partial charge in [0.25, 0.3) is 0 Å². The molecule has 0 heterocycles. The molecule has 1 rings (SSSR count). The second-order valence-electron chi connectivity index (χ2n) is 2.94. The molecule has 0 bridgehead atoms. The van der Waals surface area contributed by atoms with E-state index in [2.05, 4.69) is 15.9 Å². The molecule has 1 aromatic rings. The Morgan fingerprint density at radius 3 is 2.47 bits per heavy atom. The first-order valence-electron chi connectivity index (χ1n) is 4.14. The van der Waals surface area contributed by atoms with Gasteiger partial charge in [-0.3, -0.25) is 4.79 Å². The molecule has 0 saturated heterocycles. The van der Waals surface area contributed by atoms with Crippen molar-refractivity contribution in [1.29, 1.82) is 0 Å². The molecule has 0 unspecified atom stereocenters. The van der Waals surface area contributed by atoms with Crippen molar-refractivity contribution >= 4 is 27.9 Å². The van der Waals surface area contributed by atoms with E-state index in [0.717, 1.165) is 0 Å². The third-order valence-electron chi connectivity index (χ3n) is 1.83. The molecule has 1 aromatic carbocycles. The van der Waals surface area contributed by atoms with E-state index in [1.807, 2.05) is 0 Å². The highest BCUT2D eigenvalue weighted by Gasteiger charge is 2.17. The zero-order valence-corrected chi connectivity index (χ0v) is 9.79. The predicted molar refractivity (Wildman–Crippen MR) is 57.1 cm³/mol. The van der Waals surface area contributed by atoms with Crippen molar-refractivity contribution in [1.82, 2.24) is 0 Å². The van der Waals surface area contributed by atoms with Gasteiger partial charge in [0.2, 0.25) is 0 Å². The van der Waals surface area contributed by atoms with E-state index in [1.54, 1.807) is 13.0 Å². The Kier molecular flexibility index (Phi) is 3.47. The Bertz CT molecular complexity index is 426. The van der Waals surface area contributed by atoms with Gasteiger partial charge in [0.1, 0.15) is 11.3 Å². The fraction of sp³-hybridized carbons (Fsp3) is 0.200. The number of hydrogen-bond donors (Lipinski definition) is 1. The Morgan fingerprint density at radius 2 is 2.00 bits per heavy atom. The van der Waals surface area contributed by atoms with Crippen molar-refractivity contribution in [3.8, 4) is 5.75 Å². The summed E-state index contributed by atoms with van der Waals surface area (Å²) in [6.45, 7) is 2.86. The summed E-state index contributed by atoms with van der Waals surface area (Å²) in [7, 11) is 0. The van der Waals surface area contributed by atoms with Gasteiger partial charge in [-0.1, -0.05) is 15.9 Å². The van der Waals surface area contributed by atoms with E-state index in [1.165, 1.54) is 13.0 Å². The normalized spacial score (nSPS) is 9.80. The molecular weight excluding hydrogens is 264 g/mol. The van der Waals surface area contributed by atoms with Crippen molar-refractivity contribution < 1.29 is 19.4 Å². The number of carbonyl (C=O) groups is 2. The van der Waals surface area contributed by atoms with Gasteiger partial charge in [0, 0.05) is 11.4 Å². The highest BCUT2D eigenvalue weighted by atomic mass is 79.9. The van der Waals surface area contributed by atoms with Gasteiger partial charge < -0.3 is 9.84 Å². The first-order chi connectivity index (χ1) is 6.93. The highest BCUT2D eigenvalue weighted by Crippen LogP contribution is 2.28. The topological polar surface area (TPSA) is 63.6 Å². The lowest BCUT2D eigenvalue weighted by molar-refractivity contribution is -0.131. The molecule has 0 fully saturated rings. The molecule has 0 aromatic heterocycles. The van der Waals surface area contributed by atoms with Crippen molar-refractivity contribution in [2.24, 2.45) is 0 Å². The van der Waals surface area contributed by atoms with Gasteiger partial charge in [-0.05, 0) is 24.6 Å². The minimum atomic E-state index is -1.12. The molecule has 0 atom stereocenters. The van der Waals surface area contributed by atoms with Crippen molar-refractivity contribution in [2.45, 2.75) is 13.8 Å². The molecule has 0 aliphatic heterocycles. The minimum absolute atomic E-state index is 0.000394. The van der Waals surface area contributed by atoms with E-state index < -0.39 is 11.9 Å². The van der Waals surface area contributed by atoms with Crippen LogP contribution in [0.25, 0.3) is 0 Å². The third kappa shape index (κ3) is 2.56. The quantitative estimate of drug-likeness (QED) is 0.663. The summed E-state index contributed by atoms with van der Waals surface area (Å²) in [6.07, 6.45) is 0. The second-order valence-corrected chi connectivity index (χ2v) is 3.80. The van der Waals surface area contributed by atoms with E-state index >= 15 is 0 Å². The number of esters is 1. The van der Waals surface area contributed by atoms with Crippen LogP contribution in [0.3, 0.4) is 0 Å². The van der Waals surface area contributed by atoms with Gasteiger partial charge in [0.15, 0.2) is 0 Å². The average molecular weight is 273 g/mol. The Morgan fingerprint density at radius 1 is 1.40 bits per heavy atom. The number of benzene rings is 1. The van der Waals surface area contributed by atoms with Gasteiger partial charge in [-0.15, -0.1) is 0 Å². The van der Waals surface area contributed by atoms with Crippen molar-refractivity contribution in [2.75, 3.05) is 0 Å². The molecule has 0 amide bonds. The first kappa shape index (κ1) is 11.7. The summed E-state index contributed by atoms with van der Waals surface area (Å²) in [6, 6.07) is 3.09. The zero-order valence-electron chi connectivity index (χ0n) is 8.20. The van der Waals surface area contributed by atoms with Crippen LogP contribution in [0.15, 0.2) is 16.6 Å². The van der Waals surface area contributed by atoms with E-state index in [-0.39, 0.29) is 11.3 Å². The number of halogens is 1. The number of carboxylic acid groups (broad SMARTS) is 1. The largest absolute Gasteiger partial charge is 0.478 e.